The number of carbonyl (C=O) groups excluding carboxylic acids is 1. The molecule has 2 aliphatic rings. The summed E-state index contributed by atoms with van der Waals surface area (Å²) < 4.78 is 43.3. The van der Waals surface area contributed by atoms with Crippen molar-refractivity contribution < 1.29 is 32.6 Å². The molecule has 1 N–H and O–H groups in total. The first-order valence-electron chi connectivity index (χ1n) is 6.46. The summed E-state index contributed by atoms with van der Waals surface area (Å²) in [4.78, 5) is 23.4. The van der Waals surface area contributed by atoms with Crippen molar-refractivity contribution >= 4 is 11.9 Å². The van der Waals surface area contributed by atoms with Crippen LogP contribution >= 0.6 is 0 Å². The molecule has 1 atom stereocenters. The van der Waals surface area contributed by atoms with Crippen LogP contribution in [0.4, 0.5) is 13.2 Å². The number of hydrogen-bond acceptors (Lipinski definition) is 3. The van der Waals surface area contributed by atoms with Crippen molar-refractivity contribution in [3.63, 3.8) is 0 Å². The van der Waals surface area contributed by atoms with Crippen LogP contribution < -0.4 is 0 Å². The van der Waals surface area contributed by atoms with Gasteiger partial charge in [-0.3, -0.25) is 9.59 Å². The quantitative estimate of drug-likeness (QED) is 0.794. The maximum Gasteiger partial charge on any atom is 0.471 e. The number of halogens is 3. The topological polar surface area (TPSA) is 66.8 Å². The molecule has 20 heavy (non-hydrogen) atoms. The molecule has 114 valence electrons. The molecule has 1 unspecified atom stereocenters. The third-order valence-corrected chi connectivity index (χ3v) is 4.19. The summed E-state index contributed by atoms with van der Waals surface area (Å²) in [6.07, 6.45) is -3.78. The van der Waals surface area contributed by atoms with E-state index < -0.39 is 29.5 Å². The van der Waals surface area contributed by atoms with Crippen LogP contribution in [0, 0.1) is 5.92 Å². The lowest BCUT2D eigenvalue weighted by Gasteiger charge is -2.50. The number of alkyl halides is 3. The summed E-state index contributed by atoms with van der Waals surface area (Å²) in [5, 5.41) is 8.98. The number of likely N-dealkylation sites (tertiary alicyclic amines) is 1. The summed E-state index contributed by atoms with van der Waals surface area (Å²) in [5.74, 6) is -4.04. The fourth-order valence-electron chi connectivity index (χ4n) is 3.01. The predicted molar refractivity (Wildman–Crippen MR) is 60.9 cm³/mol. The molecule has 0 aliphatic carbocycles. The van der Waals surface area contributed by atoms with E-state index >= 15 is 0 Å². The smallest absolute Gasteiger partial charge is 0.471 e. The number of amides is 1. The lowest BCUT2D eigenvalue weighted by atomic mass is 9.77. The van der Waals surface area contributed by atoms with E-state index in [0.717, 1.165) is 4.90 Å². The number of aliphatic carboxylic acids is 1. The maximum atomic E-state index is 12.7. The molecule has 1 amide bonds. The van der Waals surface area contributed by atoms with Gasteiger partial charge in [-0.05, 0) is 25.7 Å². The van der Waals surface area contributed by atoms with Crippen LogP contribution in [0.3, 0.4) is 0 Å². The molecule has 0 aromatic carbocycles. The lowest BCUT2D eigenvalue weighted by Crippen LogP contribution is -2.62. The Hall–Kier alpha value is -1.31. The largest absolute Gasteiger partial charge is 0.481 e. The molecule has 1 spiro atoms. The number of carbonyl (C=O) groups is 2. The lowest BCUT2D eigenvalue weighted by molar-refractivity contribution is -0.200. The molecule has 2 saturated heterocycles. The van der Waals surface area contributed by atoms with Crippen molar-refractivity contribution in [2.24, 2.45) is 5.92 Å². The zero-order valence-electron chi connectivity index (χ0n) is 10.8. The summed E-state index contributed by atoms with van der Waals surface area (Å²) >= 11 is 0. The van der Waals surface area contributed by atoms with E-state index in [4.69, 9.17) is 9.84 Å². The minimum Gasteiger partial charge on any atom is -0.481 e. The molecule has 8 heteroatoms. The van der Waals surface area contributed by atoms with Gasteiger partial charge in [0.15, 0.2) is 0 Å². The number of nitrogens with zero attached hydrogens (tertiary/aromatic N) is 1. The molecule has 2 fully saturated rings. The van der Waals surface area contributed by atoms with Crippen LogP contribution in [0.15, 0.2) is 0 Å². The average Bonchev–Trinajstić information content (AvgIpc) is 2.38. The number of carboxylic acid groups (broad SMARTS) is 1. The van der Waals surface area contributed by atoms with Crippen LogP contribution in [-0.2, 0) is 14.3 Å². The molecular formula is C12H16F3NO4. The minimum atomic E-state index is -4.98. The van der Waals surface area contributed by atoms with Crippen molar-refractivity contribution in [1.82, 2.24) is 4.90 Å². The second-order valence-corrected chi connectivity index (χ2v) is 5.32. The Morgan fingerprint density at radius 1 is 1.20 bits per heavy atom. The van der Waals surface area contributed by atoms with Crippen LogP contribution in [-0.4, -0.2) is 53.4 Å². The van der Waals surface area contributed by atoms with Crippen molar-refractivity contribution in [3.05, 3.63) is 0 Å². The highest BCUT2D eigenvalue weighted by molar-refractivity contribution is 5.83. The highest BCUT2D eigenvalue weighted by Gasteiger charge is 2.53. The fraction of sp³-hybridized carbons (Fsp3) is 0.833. The van der Waals surface area contributed by atoms with Crippen LogP contribution in [0.1, 0.15) is 25.7 Å². The Labute approximate surface area is 113 Å². The normalized spacial score (nSPS) is 26.6. The van der Waals surface area contributed by atoms with Crippen molar-refractivity contribution in [3.8, 4) is 0 Å². The Morgan fingerprint density at radius 3 is 2.30 bits per heavy atom. The summed E-state index contributed by atoms with van der Waals surface area (Å²) in [5.41, 5.74) is -0.906. The monoisotopic (exact) mass is 295 g/mol. The molecule has 0 saturated carbocycles. The number of hydrogen-bond donors (Lipinski definition) is 1. The number of ether oxygens (including phenoxy) is 1. The van der Waals surface area contributed by atoms with E-state index in [1.807, 2.05) is 0 Å². The van der Waals surface area contributed by atoms with E-state index in [1.54, 1.807) is 0 Å². The Morgan fingerprint density at radius 2 is 1.80 bits per heavy atom. The molecule has 2 aliphatic heterocycles. The molecular weight excluding hydrogens is 279 g/mol. The van der Waals surface area contributed by atoms with Crippen molar-refractivity contribution in [2.75, 3.05) is 19.8 Å². The maximum absolute atomic E-state index is 12.7. The zero-order valence-corrected chi connectivity index (χ0v) is 10.8. The Bertz CT molecular complexity index is 404. The van der Waals surface area contributed by atoms with Gasteiger partial charge >= 0.3 is 18.1 Å². The van der Waals surface area contributed by atoms with E-state index in [-0.39, 0.29) is 19.4 Å². The van der Waals surface area contributed by atoms with Gasteiger partial charge in [-0.1, -0.05) is 0 Å². The van der Waals surface area contributed by atoms with Gasteiger partial charge in [0.1, 0.15) is 0 Å². The second-order valence-electron chi connectivity index (χ2n) is 5.32. The van der Waals surface area contributed by atoms with E-state index in [9.17, 15) is 22.8 Å². The molecule has 0 radical (unpaired) electrons. The first-order valence-corrected chi connectivity index (χ1v) is 6.46. The van der Waals surface area contributed by atoms with E-state index in [1.165, 1.54) is 0 Å². The molecule has 2 heterocycles. The SMILES string of the molecule is O=C(O)C1CCC2(CCOCC2)N(C(=O)C(F)(F)F)C1. The summed E-state index contributed by atoms with van der Waals surface area (Å²) in [6.45, 7) is 0.201. The first kappa shape index (κ1) is 15.1. The highest BCUT2D eigenvalue weighted by Crippen LogP contribution is 2.40. The summed E-state index contributed by atoms with van der Waals surface area (Å²) in [7, 11) is 0. The molecule has 0 aromatic heterocycles. The average molecular weight is 295 g/mol. The molecule has 5 nitrogen and oxygen atoms in total. The van der Waals surface area contributed by atoms with Gasteiger partial charge in [0.25, 0.3) is 0 Å². The fourth-order valence-corrected chi connectivity index (χ4v) is 3.01. The van der Waals surface area contributed by atoms with Crippen LogP contribution in [0.25, 0.3) is 0 Å². The zero-order chi connectivity index (χ0) is 15.0. The van der Waals surface area contributed by atoms with Gasteiger partial charge in [0, 0.05) is 25.3 Å². The van der Waals surface area contributed by atoms with Crippen LogP contribution in [0.5, 0.6) is 0 Å². The number of piperidine rings is 1. The van der Waals surface area contributed by atoms with Crippen LogP contribution in [0.2, 0.25) is 0 Å². The van der Waals surface area contributed by atoms with Gasteiger partial charge < -0.3 is 14.7 Å². The van der Waals surface area contributed by atoms with Gasteiger partial charge in [-0.2, -0.15) is 13.2 Å². The second kappa shape index (κ2) is 5.23. The van der Waals surface area contributed by atoms with E-state index in [0.29, 0.717) is 26.1 Å². The van der Waals surface area contributed by atoms with Gasteiger partial charge in [0.05, 0.1) is 5.92 Å². The molecule has 0 aromatic rings. The van der Waals surface area contributed by atoms with E-state index in [2.05, 4.69) is 0 Å². The number of rotatable bonds is 1. The van der Waals surface area contributed by atoms with Gasteiger partial charge in [-0.25, -0.2) is 0 Å². The Kier molecular flexibility index (Phi) is 3.95. The predicted octanol–water partition coefficient (Wildman–Crippen LogP) is 1.42. The Balaban J connectivity index is 2.27. The van der Waals surface area contributed by atoms with Gasteiger partial charge in [0.2, 0.25) is 0 Å². The highest BCUT2D eigenvalue weighted by atomic mass is 19.4. The minimum absolute atomic E-state index is 0.273. The van der Waals surface area contributed by atoms with Crippen molar-refractivity contribution in [2.45, 2.75) is 37.4 Å². The first-order chi connectivity index (χ1) is 9.26. The van der Waals surface area contributed by atoms with Gasteiger partial charge in [-0.15, -0.1) is 0 Å². The number of carboxylic acids is 1. The molecule has 0 bridgehead atoms. The molecule has 2 rings (SSSR count). The standard InChI is InChI=1S/C12H16F3NO4/c13-12(14,15)10(19)16-7-8(9(17)18)1-2-11(16)3-5-20-6-4-11/h8H,1-7H2,(H,17,18). The van der Waals surface area contributed by atoms with Crippen molar-refractivity contribution in [1.29, 1.82) is 0 Å². The third kappa shape index (κ3) is 2.74. The summed E-state index contributed by atoms with van der Waals surface area (Å²) in [6, 6.07) is 0. The third-order valence-electron chi connectivity index (χ3n) is 4.19.